The molecule has 23 heavy (non-hydrogen) atoms. The minimum atomic E-state index is -0.831. The number of nitrogens with two attached hydrogens (primary N) is 1. The number of nitrogen functional groups attached to an aromatic ring is 1. The summed E-state index contributed by atoms with van der Waals surface area (Å²) in [5, 5.41) is 3.24. The molecule has 130 valence electrons. The van der Waals surface area contributed by atoms with E-state index in [0.717, 1.165) is 4.88 Å². The van der Waals surface area contributed by atoms with Crippen LogP contribution < -0.4 is 11.1 Å². The van der Waals surface area contributed by atoms with E-state index in [9.17, 15) is 9.59 Å². The molecular weight excluding hydrogens is 316 g/mol. The maximum atomic E-state index is 12.4. The van der Waals surface area contributed by atoms with Crippen molar-refractivity contribution in [2.24, 2.45) is 0 Å². The number of nitrogens with one attached hydrogen (secondary N) is 1. The molecule has 3 N–H and O–H groups in total. The van der Waals surface area contributed by atoms with Crippen LogP contribution in [0.3, 0.4) is 0 Å². The molecule has 0 aromatic carbocycles. The zero-order chi connectivity index (χ0) is 17.8. The van der Waals surface area contributed by atoms with E-state index in [-0.39, 0.29) is 0 Å². The Kier molecular flexibility index (Phi) is 6.04. The van der Waals surface area contributed by atoms with Crippen LogP contribution in [0, 0.1) is 0 Å². The second kappa shape index (κ2) is 7.21. The Morgan fingerprint density at radius 2 is 1.70 bits per heavy atom. The molecule has 0 spiro atoms. The van der Waals surface area contributed by atoms with Gasteiger partial charge in [0.2, 0.25) is 0 Å². The van der Waals surface area contributed by atoms with Crippen molar-refractivity contribution in [2.45, 2.75) is 65.2 Å². The second-order valence-electron chi connectivity index (χ2n) is 7.24. The molecule has 1 aromatic heterocycles. The first kappa shape index (κ1) is 19.3. The largest absolute Gasteiger partial charge is 0.458 e. The van der Waals surface area contributed by atoms with E-state index in [2.05, 4.69) is 5.32 Å². The third-order valence-electron chi connectivity index (χ3n) is 2.47. The Labute approximate surface area is 141 Å². The molecule has 0 aliphatic carbocycles. The van der Waals surface area contributed by atoms with Crippen molar-refractivity contribution in [2.75, 3.05) is 5.73 Å². The fourth-order valence-corrected chi connectivity index (χ4v) is 2.55. The average molecular weight is 342 g/mol. The number of anilines is 1. The Morgan fingerprint density at radius 1 is 1.13 bits per heavy atom. The van der Waals surface area contributed by atoms with Crippen molar-refractivity contribution in [3.63, 3.8) is 0 Å². The van der Waals surface area contributed by atoms with E-state index in [1.807, 2.05) is 6.07 Å². The van der Waals surface area contributed by atoms with Crippen LogP contribution in [0.2, 0.25) is 0 Å². The van der Waals surface area contributed by atoms with Crippen LogP contribution in [0.25, 0.3) is 0 Å². The van der Waals surface area contributed by atoms with Crippen LogP contribution in [0.5, 0.6) is 0 Å². The van der Waals surface area contributed by atoms with Gasteiger partial charge in [0.15, 0.2) is 0 Å². The SMILES string of the molecule is CC(C)(C)OC(=O)N[C@@H](Cc1ccc(N)s1)C(=O)OC(C)(C)C. The number of carbonyl (C=O) groups is 2. The Bertz CT molecular complexity index is 555. The maximum Gasteiger partial charge on any atom is 0.408 e. The zero-order valence-corrected chi connectivity index (χ0v) is 15.4. The fourth-order valence-electron chi connectivity index (χ4n) is 1.72. The molecule has 0 radical (unpaired) electrons. The molecule has 0 aliphatic heterocycles. The first-order valence-corrected chi connectivity index (χ1v) is 8.24. The van der Waals surface area contributed by atoms with Crippen molar-refractivity contribution in [1.29, 1.82) is 0 Å². The molecule has 0 bridgehead atoms. The van der Waals surface area contributed by atoms with Crippen LogP contribution in [0.4, 0.5) is 9.80 Å². The van der Waals surface area contributed by atoms with E-state index in [1.165, 1.54) is 11.3 Å². The van der Waals surface area contributed by atoms with Gasteiger partial charge >= 0.3 is 12.1 Å². The number of rotatable bonds is 4. The normalized spacial score (nSPS) is 13.3. The summed E-state index contributed by atoms with van der Waals surface area (Å²) in [4.78, 5) is 25.2. The third-order valence-corrected chi connectivity index (χ3v) is 3.41. The highest BCUT2D eigenvalue weighted by Crippen LogP contribution is 2.21. The van der Waals surface area contributed by atoms with Gasteiger partial charge in [-0.25, -0.2) is 9.59 Å². The van der Waals surface area contributed by atoms with Gasteiger partial charge in [-0.2, -0.15) is 0 Å². The van der Waals surface area contributed by atoms with E-state index in [4.69, 9.17) is 15.2 Å². The lowest BCUT2D eigenvalue weighted by Crippen LogP contribution is -2.47. The first-order valence-electron chi connectivity index (χ1n) is 7.42. The highest BCUT2D eigenvalue weighted by atomic mass is 32.1. The number of hydrogen-bond acceptors (Lipinski definition) is 6. The predicted molar refractivity (Wildman–Crippen MR) is 91.4 cm³/mol. The fraction of sp³-hybridized carbons (Fsp3) is 0.625. The summed E-state index contributed by atoms with van der Waals surface area (Å²) in [6.07, 6.45) is -0.353. The van der Waals surface area contributed by atoms with Gasteiger partial charge in [0.05, 0.1) is 5.00 Å². The molecule has 1 aromatic rings. The van der Waals surface area contributed by atoms with Crippen molar-refractivity contribution in [3.8, 4) is 0 Å². The number of esters is 1. The predicted octanol–water partition coefficient (Wildman–Crippen LogP) is 3.11. The minimum Gasteiger partial charge on any atom is -0.458 e. The molecule has 0 saturated heterocycles. The summed E-state index contributed by atoms with van der Waals surface area (Å²) < 4.78 is 10.6. The molecule has 6 nitrogen and oxygen atoms in total. The lowest BCUT2D eigenvalue weighted by Gasteiger charge is -2.26. The van der Waals surface area contributed by atoms with E-state index < -0.39 is 29.3 Å². The van der Waals surface area contributed by atoms with Gasteiger partial charge < -0.3 is 20.5 Å². The summed E-state index contributed by atoms with van der Waals surface area (Å²) in [5.74, 6) is -0.504. The van der Waals surface area contributed by atoms with Gasteiger partial charge in [0.1, 0.15) is 17.2 Å². The van der Waals surface area contributed by atoms with Gasteiger partial charge in [-0.1, -0.05) is 0 Å². The molecule has 7 heteroatoms. The molecule has 1 atom stereocenters. The molecule has 0 aliphatic rings. The van der Waals surface area contributed by atoms with Crippen LogP contribution in [0.15, 0.2) is 12.1 Å². The molecule has 1 amide bonds. The van der Waals surface area contributed by atoms with Crippen molar-refractivity contribution in [3.05, 3.63) is 17.0 Å². The van der Waals surface area contributed by atoms with E-state index in [0.29, 0.717) is 11.4 Å². The lowest BCUT2D eigenvalue weighted by molar-refractivity contribution is -0.157. The number of thiophene rings is 1. The average Bonchev–Trinajstić information content (AvgIpc) is 2.69. The number of hydrogen-bond donors (Lipinski definition) is 2. The standard InChI is InChI=1S/C16H26N2O4S/c1-15(2,3)21-13(19)11(9-10-7-8-12(17)23-10)18-14(20)22-16(4,5)6/h7-8,11H,9,17H2,1-6H3,(H,18,20)/t11-/m0/s1. The summed E-state index contributed by atoms with van der Waals surface area (Å²) in [5.41, 5.74) is 4.42. The van der Waals surface area contributed by atoms with E-state index >= 15 is 0 Å². The topological polar surface area (TPSA) is 90.6 Å². The number of ether oxygens (including phenoxy) is 2. The lowest BCUT2D eigenvalue weighted by atomic mass is 10.1. The van der Waals surface area contributed by atoms with Crippen molar-refractivity contribution < 1.29 is 19.1 Å². The first-order chi connectivity index (χ1) is 10.4. The number of amides is 1. The molecule has 0 unspecified atom stereocenters. The molecule has 0 saturated carbocycles. The van der Waals surface area contributed by atoms with Gasteiger partial charge in [-0.05, 0) is 53.7 Å². The summed E-state index contributed by atoms with van der Waals surface area (Å²) in [6, 6.07) is 2.76. The third kappa shape index (κ3) is 7.88. The quantitative estimate of drug-likeness (QED) is 0.821. The summed E-state index contributed by atoms with van der Waals surface area (Å²) >= 11 is 1.37. The monoisotopic (exact) mass is 342 g/mol. The van der Waals surface area contributed by atoms with Gasteiger partial charge in [0.25, 0.3) is 0 Å². The summed E-state index contributed by atoms with van der Waals surface area (Å²) in [7, 11) is 0. The molecule has 1 heterocycles. The van der Waals surface area contributed by atoms with Crippen LogP contribution in [0.1, 0.15) is 46.4 Å². The molecular formula is C16H26N2O4S. The smallest absolute Gasteiger partial charge is 0.408 e. The summed E-state index contributed by atoms with van der Waals surface area (Å²) in [6.45, 7) is 10.6. The van der Waals surface area contributed by atoms with Crippen molar-refractivity contribution >= 4 is 28.4 Å². The van der Waals surface area contributed by atoms with Crippen LogP contribution in [-0.2, 0) is 20.7 Å². The Morgan fingerprint density at radius 3 is 2.13 bits per heavy atom. The van der Waals surface area contributed by atoms with Gasteiger partial charge in [0, 0.05) is 11.3 Å². The van der Waals surface area contributed by atoms with Crippen molar-refractivity contribution in [1.82, 2.24) is 5.32 Å². The van der Waals surface area contributed by atoms with Crippen LogP contribution in [-0.4, -0.2) is 29.3 Å². The van der Waals surface area contributed by atoms with Gasteiger partial charge in [-0.3, -0.25) is 0 Å². The molecule has 0 fully saturated rings. The van der Waals surface area contributed by atoms with Crippen LogP contribution >= 0.6 is 11.3 Å². The van der Waals surface area contributed by atoms with Gasteiger partial charge in [-0.15, -0.1) is 11.3 Å². The zero-order valence-electron chi connectivity index (χ0n) is 14.6. The minimum absolute atomic E-state index is 0.302. The maximum absolute atomic E-state index is 12.4. The number of carbonyl (C=O) groups excluding carboxylic acids is 2. The number of alkyl carbamates (subject to hydrolysis) is 1. The molecule has 1 rings (SSSR count). The highest BCUT2D eigenvalue weighted by molar-refractivity contribution is 7.15. The Balaban J connectivity index is 2.83. The van der Waals surface area contributed by atoms with E-state index in [1.54, 1.807) is 47.6 Å². The second-order valence-corrected chi connectivity index (χ2v) is 8.44. The highest BCUT2D eigenvalue weighted by Gasteiger charge is 2.29. The Hall–Kier alpha value is -1.76.